The van der Waals surface area contributed by atoms with Gasteiger partial charge >= 0.3 is 12.1 Å². The molecular weight excluding hydrogens is 246 g/mol. The van der Waals surface area contributed by atoms with E-state index in [1.54, 1.807) is 24.3 Å². The van der Waals surface area contributed by atoms with Crippen molar-refractivity contribution in [3.8, 4) is 5.75 Å². The molecule has 5 heteroatoms. The van der Waals surface area contributed by atoms with E-state index in [0.717, 1.165) is 0 Å². The van der Waals surface area contributed by atoms with Crippen LogP contribution in [-0.4, -0.2) is 34.2 Å². The molecule has 1 amide bonds. The molecule has 0 aliphatic heterocycles. The number of carboxylic acid groups (broad SMARTS) is 1. The fourth-order valence-corrected chi connectivity index (χ4v) is 1.55. The highest BCUT2D eigenvalue weighted by atomic mass is 16.6. The highest BCUT2D eigenvalue weighted by Gasteiger charge is 2.28. The van der Waals surface area contributed by atoms with Gasteiger partial charge in [-0.25, -0.2) is 4.79 Å². The second kappa shape index (κ2) is 6.22. The Morgan fingerprint density at radius 1 is 1.21 bits per heavy atom. The van der Waals surface area contributed by atoms with Crippen LogP contribution in [0.4, 0.5) is 4.79 Å². The van der Waals surface area contributed by atoms with Crippen LogP contribution in [0.15, 0.2) is 30.3 Å². The van der Waals surface area contributed by atoms with Gasteiger partial charge in [-0.2, -0.15) is 0 Å². The molecule has 0 aliphatic rings. The maximum absolute atomic E-state index is 12.1. The number of rotatable bonds is 4. The number of aliphatic carboxylic acids is 1. The molecule has 0 radical (unpaired) electrons. The lowest BCUT2D eigenvalue weighted by atomic mass is 10.1. The van der Waals surface area contributed by atoms with Crippen molar-refractivity contribution in [2.45, 2.75) is 32.7 Å². The van der Waals surface area contributed by atoms with Crippen molar-refractivity contribution in [2.24, 2.45) is 0 Å². The van der Waals surface area contributed by atoms with Gasteiger partial charge < -0.3 is 14.7 Å². The molecule has 0 atom stereocenters. The number of carbonyl (C=O) groups is 2. The summed E-state index contributed by atoms with van der Waals surface area (Å²) in [6.07, 6.45) is -0.652. The normalized spacial score (nSPS) is 10.9. The van der Waals surface area contributed by atoms with Crippen molar-refractivity contribution in [3.05, 3.63) is 30.3 Å². The Balaban J connectivity index is 2.74. The van der Waals surface area contributed by atoms with Gasteiger partial charge in [-0.3, -0.25) is 4.79 Å². The lowest BCUT2D eigenvalue weighted by Crippen LogP contribution is -2.47. The number of amides is 1. The molecule has 19 heavy (non-hydrogen) atoms. The molecule has 0 bridgehead atoms. The maximum Gasteiger partial charge on any atom is 0.415 e. The summed E-state index contributed by atoms with van der Waals surface area (Å²) < 4.78 is 5.23. The fourth-order valence-electron chi connectivity index (χ4n) is 1.55. The highest BCUT2D eigenvalue weighted by molar-refractivity contribution is 5.73. The minimum atomic E-state index is -0.943. The van der Waals surface area contributed by atoms with Gasteiger partial charge in [0.1, 0.15) is 5.75 Å². The Morgan fingerprint density at radius 3 is 2.26 bits per heavy atom. The Kier molecular flexibility index (Phi) is 4.92. The first-order valence-corrected chi connectivity index (χ1v) is 6.07. The SMILES string of the molecule is CC(C)(C)N(CCC(=O)O)C(=O)Oc1ccccc1. The summed E-state index contributed by atoms with van der Waals surface area (Å²) >= 11 is 0. The highest BCUT2D eigenvalue weighted by Crippen LogP contribution is 2.17. The van der Waals surface area contributed by atoms with Crippen LogP contribution in [-0.2, 0) is 4.79 Å². The topological polar surface area (TPSA) is 66.8 Å². The van der Waals surface area contributed by atoms with Crippen molar-refractivity contribution < 1.29 is 19.4 Å². The zero-order valence-corrected chi connectivity index (χ0v) is 11.4. The van der Waals surface area contributed by atoms with Crippen molar-refractivity contribution in [2.75, 3.05) is 6.54 Å². The molecule has 0 fully saturated rings. The van der Waals surface area contributed by atoms with Gasteiger partial charge in [0.05, 0.1) is 6.42 Å². The monoisotopic (exact) mass is 265 g/mol. The van der Waals surface area contributed by atoms with E-state index in [0.29, 0.717) is 5.75 Å². The van der Waals surface area contributed by atoms with E-state index >= 15 is 0 Å². The van der Waals surface area contributed by atoms with Crippen LogP contribution in [0.3, 0.4) is 0 Å². The average Bonchev–Trinajstić information content (AvgIpc) is 2.28. The Hall–Kier alpha value is -2.04. The van der Waals surface area contributed by atoms with Gasteiger partial charge in [-0.1, -0.05) is 18.2 Å². The standard InChI is InChI=1S/C14H19NO4/c1-14(2,3)15(10-9-12(16)17)13(18)19-11-7-5-4-6-8-11/h4-8H,9-10H2,1-3H3,(H,16,17). The summed E-state index contributed by atoms with van der Waals surface area (Å²) in [6.45, 7) is 5.62. The summed E-state index contributed by atoms with van der Waals surface area (Å²) in [5.74, 6) is -0.501. The van der Waals surface area contributed by atoms with Gasteiger partial charge in [0.2, 0.25) is 0 Å². The first-order valence-electron chi connectivity index (χ1n) is 6.07. The van der Waals surface area contributed by atoms with Gasteiger partial charge in [0, 0.05) is 12.1 Å². The molecule has 1 aromatic rings. The minimum absolute atomic E-state index is 0.110. The molecule has 5 nitrogen and oxygen atoms in total. The van der Waals surface area contributed by atoms with Crippen molar-refractivity contribution in [3.63, 3.8) is 0 Å². The van der Waals surface area contributed by atoms with Gasteiger partial charge in [0.25, 0.3) is 0 Å². The summed E-state index contributed by atoms with van der Waals surface area (Å²) in [5, 5.41) is 8.72. The van der Waals surface area contributed by atoms with Gasteiger partial charge in [-0.05, 0) is 32.9 Å². The minimum Gasteiger partial charge on any atom is -0.481 e. The maximum atomic E-state index is 12.1. The molecule has 1 N–H and O–H groups in total. The second-order valence-electron chi connectivity index (χ2n) is 5.15. The van der Waals surface area contributed by atoms with Crippen LogP contribution in [0.5, 0.6) is 5.75 Å². The number of nitrogens with zero attached hydrogens (tertiary/aromatic N) is 1. The van der Waals surface area contributed by atoms with Gasteiger partial charge in [0.15, 0.2) is 0 Å². The predicted octanol–water partition coefficient (Wildman–Crippen LogP) is 2.76. The number of carbonyl (C=O) groups excluding carboxylic acids is 1. The molecule has 104 valence electrons. The Labute approximate surface area is 112 Å². The molecule has 1 rings (SSSR count). The van der Waals surface area contributed by atoms with E-state index in [1.165, 1.54) is 4.90 Å². The number of benzene rings is 1. The lowest BCUT2D eigenvalue weighted by molar-refractivity contribution is -0.137. The predicted molar refractivity (Wildman–Crippen MR) is 71.2 cm³/mol. The third-order valence-corrected chi connectivity index (χ3v) is 2.53. The first kappa shape index (κ1) is 15.0. The zero-order valence-electron chi connectivity index (χ0n) is 11.4. The van der Waals surface area contributed by atoms with E-state index in [-0.39, 0.29) is 13.0 Å². The fraction of sp³-hybridized carbons (Fsp3) is 0.429. The van der Waals surface area contributed by atoms with Crippen LogP contribution in [0.2, 0.25) is 0 Å². The van der Waals surface area contributed by atoms with Crippen molar-refractivity contribution >= 4 is 12.1 Å². The number of hydrogen-bond acceptors (Lipinski definition) is 3. The molecular formula is C14H19NO4. The average molecular weight is 265 g/mol. The van der Waals surface area contributed by atoms with Crippen molar-refractivity contribution in [1.29, 1.82) is 0 Å². The molecule has 1 aromatic carbocycles. The van der Waals surface area contributed by atoms with E-state index < -0.39 is 17.6 Å². The number of carboxylic acids is 1. The quantitative estimate of drug-likeness (QED) is 0.909. The third-order valence-electron chi connectivity index (χ3n) is 2.53. The largest absolute Gasteiger partial charge is 0.481 e. The van der Waals surface area contributed by atoms with E-state index in [1.807, 2.05) is 26.8 Å². The van der Waals surface area contributed by atoms with E-state index in [9.17, 15) is 9.59 Å². The molecule has 0 spiro atoms. The zero-order chi connectivity index (χ0) is 14.5. The summed E-state index contributed by atoms with van der Waals surface area (Å²) in [6, 6.07) is 8.71. The Morgan fingerprint density at radius 2 is 1.79 bits per heavy atom. The molecule has 0 saturated heterocycles. The smallest absolute Gasteiger partial charge is 0.415 e. The van der Waals surface area contributed by atoms with Crippen LogP contribution in [0.25, 0.3) is 0 Å². The molecule has 0 aliphatic carbocycles. The van der Waals surface area contributed by atoms with E-state index in [2.05, 4.69) is 0 Å². The molecule has 0 aromatic heterocycles. The molecule has 0 heterocycles. The summed E-state index contributed by atoms with van der Waals surface area (Å²) in [4.78, 5) is 24.1. The van der Waals surface area contributed by atoms with Gasteiger partial charge in [-0.15, -0.1) is 0 Å². The second-order valence-corrected chi connectivity index (χ2v) is 5.15. The number of hydrogen-bond donors (Lipinski definition) is 1. The van der Waals surface area contributed by atoms with Crippen molar-refractivity contribution in [1.82, 2.24) is 4.90 Å². The Bertz CT molecular complexity index is 437. The summed E-state index contributed by atoms with van der Waals surface area (Å²) in [7, 11) is 0. The van der Waals surface area contributed by atoms with E-state index in [4.69, 9.17) is 9.84 Å². The molecule has 0 unspecified atom stereocenters. The molecule has 0 saturated carbocycles. The summed E-state index contributed by atoms with van der Waals surface area (Å²) in [5.41, 5.74) is -0.499. The van der Waals surface area contributed by atoms with Crippen LogP contribution in [0, 0.1) is 0 Å². The van der Waals surface area contributed by atoms with Crippen LogP contribution in [0.1, 0.15) is 27.2 Å². The third kappa shape index (κ3) is 4.99. The van der Waals surface area contributed by atoms with Crippen LogP contribution < -0.4 is 4.74 Å². The first-order chi connectivity index (χ1) is 8.80. The number of para-hydroxylation sites is 1. The lowest BCUT2D eigenvalue weighted by Gasteiger charge is -2.34. The number of ether oxygens (including phenoxy) is 1. The van der Waals surface area contributed by atoms with Crippen LogP contribution >= 0.6 is 0 Å².